The number of hydrogen-bond acceptors (Lipinski definition) is 5. The highest BCUT2D eigenvalue weighted by atomic mass is 32.1. The van der Waals surface area contributed by atoms with Gasteiger partial charge < -0.3 is 15.8 Å². The predicted molar refractivity (Wildman–Crippen MR) is 84.2 cm³/mol. The Hall–Kier alpha value is -1.25. The molecule has 1 aromatic heterocycles. The maximum absolute atomic E-state index is 9.09. The molecule has 0 radical (unpaired) electrons. The second-order valence-corrected chi connectivity index (χ2v) is 6.55. The zero-order chi connectivity index (χ0) is 14.5. The van der Waals surface area contributed by atoms with Crippen LogP contribution >= 0.6 is 11.3 Å². The van der Waals surface area contributed by atoms with Crippen molar-refractivity contribution in [2.24, 2.45) is 0 Å². The number of unbranched alkanes of at least 4 members (excludes halogenated alkanes) is 1. The molecule has 5 heteroatoms. The van der Waals surface area contributed by atoms with Crippen LogP contribution in [0.25, 0.3) is 0 Å². The number of nitriles is 1. The molecule has 3 N–H and O–H groups in total. The van der Waals surface area contributed by atoms with Crippen molar-refractivity contribution in [3.8, 4) is 6.07 Å². The molecule has 1 aliphatic carbocycles. The summed E-state index contributed by atoms with van der Waals surface area (Å²) in [6.45, 7) is 5.83. The third-order valence-electron chi connectivity index (χ3n) is 3.38. The van der Waals surface area contributed by atoms with E-state index in [0.29, 0.717) is 22.6 Å². The van der Waals surface area contributed by atoms with E-state index in [-0.39, 0.29) is 0 Å². The van der Waals surface area contributed by atoms with E-state index in [2.05, 4.69) is 25.2 Å². The van der Waals surface area contributed by atoms with E-state index in [9.17, 15) is 0 Å². The summed E-state index contributed by atoms with van der Waals surface area (Å²) < 4.78 is 5.52. The van der Waals surface area contributed by atoms with E-state index < -0.39 is 0 Å². The van der Waals surface area contributed by atoms with Gasteiger partial charge in [0, 0.05) is 18.7 Å². The highest BCUT2D eigenvalue weighted by Gasteiger charge is 2.31. The van der Waals surface area contributed by atoms with Gasteiger partial charge in [-0.05, 0) is 45.4 Å². The summed E-state index contributed by atoms with van der Waals surface area (Å²) in [6.07, 6.45) is 4.82. The quantitative estimate of drug-likeness (QED) is 0.717. The Morgan fingerprint density at radius 3 is 2.80 bits per heavy atom. The first-order valence-corrected chi connectivity index (χ1v) is 8.12. The van der Waals surface area contributed by atoms with Crippen LogP contribution in [0.3, 0.4) is 0 Å². The summed E-state index contributed by atoms with van der Waals surface area (Å²) in [5, 5.41) is 13.6. The maximum Gasteiger partial charge on any atom is 0.130 e. The molecule has 0 aromatic carbocycles. The molecular formula is C15H23N3OS. The van der Waals surface area contributed by atoms with Gasteiger partial charge in [-0.15, -0.1) is 11.3 Å². The van der Waals surface area contributed by atoms with Crippen LogP contribution in [0.4, 0.5) is 10.7 Å². The molecule has 110 valence electrons. The number of rotatable bonds is 8. The number of nitrogens with one attached hydrogen (secondary N) is 1. The van der Waals surface area contributed by atoms with Gasteiger partial charge in [-0.25, -0.2) is 0 Å². The first-order valence-electron chi connectivity index (χ1n) is 7.31. The highest BCUT2D eigenvalue weighted by molar-refractivity contribution is 7.17. The number of nitrogen functional groups attached to an aromatic ring is 1. The Bertz CT molecular complexity index is 486. The van der Waals surface area contributed by atoms with Crippen LogP contribution < -0.4 is 11.1 Å². The van der Waals surface area contributed by atoms with E-state index in [0.717, 1.165) is 31.0 Å². The molecule has 1 aromatic rings. The molecule has 4 nitrogen and oxygen atoms in total. The minimum absolute atomic E-state index is 0.305. The Morgan fingerprint density at radius 1 is 1.45 bits per heavy atom. The molecule has 1 heterocycles. The minimum atomic E-state index is 0.305. The topological polar surface area (TPSA) is 71.1 Å². The number of hydrogen-bond donors (Lipinski definition) is 2. The van der Waals surface area contributed by atoms with Crippen LogP contribution in [0.5, 0.6) is 0 Å². The third kappa shape index (κ3) is 3.87. The molecule has 1 fully saturated rings. The summed E-state index contributed by atoms with van der Waals surface area (Å²) in [7, 11) is 0. The Kier molecular flexibility index (Phi) is 5.27. The molecule has 0 saturated heterocycles. The molecule has 0 atom stereocenters. The van der Waals surface area contributed by atoms with Crippen molar-refractivity contribution >= 4 is 22.0 Å². The van der Waals surface area contributed by atoms with Crippen LogP contribution in [-0.4, -0.2) is 19.3 Å². The van der Waals surface area contributed by atoms with Crippen molar-refractivity contribution < 1.29 is 4.74 Å². The second-order valence-electron chi connectivity index (χ2n) is 5.53. The molecule has 1 aliphatic rings. The molecule has 1 saturated carbocycles. The van der Waals surface area contributed by atoms with Crippen molar-refractivity contribution in [2.45, 2.75) is 51.6 Å². The minimum Gasteiger partial charge on any atom is -0.397 e. The molecule has 0 amide bonds. The average molecular weight is 293 g/mol. The van der Waals surface area contributed by atoms with Gasteiger partial charge in [-0.3, -0.25) is 0 Å². The molecule has 0 unspecified atom stereocenters. The van der Waals surface area contributed by atoms with Crippen molar-refractivity contribution in [3.05, 3.63) is 10.4 Å². The van der Waals surface area contributed by atoms with Gasteiger partial charge in [0.25, 0.3) is 0 Å². The van der Waals surface area contributed by atoms with Crippen LogP contribution in [0.2, 0.25) is 0 Å². The summed E-state index contributed by atoms with van der Waals surface area (Å²) >= 11 is 1.49. The number of nitrogens with two attached hydrogens (primary N) is 1. The molecule has 0 aliphatic heterocycles. The second kappa shape index (κ2) is 6.96. The smallest absolute Gasteiger partial charge is 0.130 e. The standard InChI is InChI=1S/C15H23N3OS/c1-10(2)19-8-4-3-7-18-15-13(11-5-6-11)14(17)12(9-16)20-15/h10-11,18H,3-8,17H2,1-2H3. The zero-order valence-corrected chi connectivity index (χ0v) is 13.1. The fraction of sp³-hybridized carbons (Fsp3) is 0.667. The van der Waals surface area contributed by atoms with Gasteiger partial charge in [0.2, 0.25) is 0 Å². The van der Waals surface area contributed by atoms with E-state index in [1.165, 1.54) is 29.7 Å². The summed E-state index contributed by atoms with van der Waals surface area (Å²) in [5.41, 5.74) is 7.95. The van der Waals surface area contributed by atoms with Crippen LogP contribution in [0.15, 0.2) is 0 Å². The fourth-order valence-corrected chi connectivity index (χ4v) is 3.23. The Labute approximate surface area is 124 Å². The fourth-order valence-electron chi connectivity index (χ4n) is 2.20. The predicted octanol–water partition coefficient (Wildman–Crippen LogP) is 3.70. The van der Waals surface area contributed by atoms with Gasteiger partial charge in [0.05, 0.1) is 16.8 Å². The maximum atomic E-state index is 9.09. The van der Waals surface area contributed by atoms with Crippen molar-refractivity contribution in [3.63, 3.8) is 0 Å². The largest absolute Gasteiger partial charge is 0.397 e. The molecule has 2 rings (SSSR count). The molecular weight excluding hydrogens is 270 g/mol. The normalized spacial score (nSPS) is 14.5. The lowest BCUT2D eigenvalue weighted by atomic mass is 10.1. The number of ether oxygens (including phenoxy) is 1. The first-order chi connectivity index (χ1) is 9.63. The SMILES string of the molecule is CC(C)OCCCCNc1sc(C#N)c(N)c1C1CC1. The van der Waals surface area contributed by atoms with E-state index in [4.69, 9.17) is 15.7 Å². The van der Waals surface area contributed by atoms with Crippen molar-refractivity contribution in [1.29, 1.82) is 5.26 Å². The molecule has 20 heavy (non-hydrogen) atoms. The summed E-state index contributed by atoms with van der Waals surface area (Å²) in [6, 6.07) is 2.20. The molecule has 0 spiro atoms. The number of nitrogens with zero attached hydrogens (tertiary/aromatic N) is 1. The Morgan fingerprint density at radius 2 is 2.20 bits per heavy atom. The zero-order valence-electron chi connectivity index (χ0n) is 12.2. The monoisotopic (exact) mass is 293 g/mol. The van der Waals surface area contributed by atoms with E-state index in [1.54, 1.807) is 0 Å². The van der Waals surface area contributed by atoms with Crippen LogP contribution in [0, 0.1) is 11.3 Å². The lowest BCUT2D eigenvalue weighted by Crippen LogP contribution is -2.07. The van der Waals surface area contributed by atoms with Crippen molar-refractivity contribution in [1.82, 2.24) is 0 Å². The van der Waals surface area contributed by atoms with E-state index >= 15 is 0 Å². The number of anilines is 2. The van der Waals surface area contributed by atoms with Gasteiger partial charge in [0.1, 0.15) is 10.9 Å². The van der Waals surface area contributed by atoms with Crippen molar-refractivity contribution in [2.75, 3.05) is 24.2 Å². The van der Waals surface area contributed by atoms with Gasteiger partial charge in [0.15, 0.2) is 0 Å². The van der Waals surface area contributed by atoms with Gasteiger partial charge >= 0.3 is 0 Å². The summed E-state index contributed by atoms with van der Waals surface area (Å²) in [4.78, 5) is 0.651. The Balaban J connectivity index is 1.82. The lowest BCUT2D eigenvalue weighted by molar-refractivity contribution is 0.0765. The van der Waals surface area contributed by atoms with E-state index in [1.807, 2.05) is 0 Å². The van der Waals surface area contributed by atoms with Gasteiger partial charge in [-0.1, -0.05) is 0 Å². The average Bonchev–Trinajstić information content (AvgIpc) is 3.18. The molecule has 0 bridgehead atoms. The van der Waals surface area contributed by atoms with Crippen LogP contribution in [0.1, 0.15) is 55.9 Å². The highest BCUT2D eigenvalue weighted by Crippen LogP contribution is 2.50. The lowest BCUT2D eigenvalue weighted by Gasteiger charge is -2.09. The third-order valence-corrected chi connectivity index (χ3v) is 4.46. The van der Waals surface area contributed by atoms with Gasteiger partial charge in [-0.2, -0.15) is 5.26 Å². The summed E-state index contributed by atoms with van der Waals surface area (Å²) in [5.74, 6) is 0.570. The van der Waals surface area contributed by atoms with Crippen LogP contribution in [-0.2, 0) is 4.74 Å². The number of thiophene rings is 1. The first kappa shape index (κ1) is 15.1.